The number of nitrogens with one attached hydrogen (secondary N) is 1. The molecule has 0 radical (unpaired) electrons. The number of aliphatic hydroxyl groups is 1. The average molecular weight is 331 g/mol. The number of thiophene rings is 1. The Morgan fingerprint density at radius 1 is 1.30 bits per heavy atom. The molecule has 0 fully saturated rings. The van der Waals surface area contributed by atoms with Gasteiger partial charge in [0.05, 0.1) is 12.7 Å². The van der Waals surface area contributed by atoms with E-state index in [0.717, 1.165) is 4.88 Å². The van der Waals surface area contributed by atoms with Gasteiger partial charge in [-0.2, -0.15) is 0 Å². The zero-order chi connectivity index (χ0) is 16.5. The largest absolute Gasteiger partial charge is 0.391 e. The highest BCUT2D eigenvalue weighted by molar-refractivity contribution is 7.16. The molecule has 1 aromatic heterocycles. The number of carbonyl (C=O) groups is 1. The maximum atomic E-state index is 11.7. The third kappa shape index (κ3) is 5.98. The van der Waals surface area contributed by atoms with Crippen LogP contribution in [0.1, 0.15) is 11.3 Å². The van der Waals surface area contributed by atoms with Gasteiger partial charge in [-0.05, 0) is 30.2 Å². The second-order valence-electron chi connectivity index (χ2n) is 5.09. The van der Waals surface area contributed by atoms with Crippen molar-refractivity contribution >= 4 is 23.3 Å². The van der Waals surface area contributed by atoms with Crippen LogP contribution in [0, 0.1) is 0 Å². The highest BCUT2D eigenvalue weighted by Crippen LogP contribution is 2.28. The van der Waals surface area contributed by atoms with Crippen LogP contribution < -0.4 is 5.32 Å². The molecule has 0 saturated carbocycles. The van der Waals surface area contributed by atoms with Crippen LogP contribution in [-0.4, -0.2) is 37.4 Å². The Balaban J connectivity index is 1.81. The van der Waals surface area contributed by atoms with Crippen molar-refractivity contribution in [3.05, 3.63) is 53.4 Å². The van der Waals surface area contributed by atoms with Gasteiger partial charge >= 0.3 is 0 Å². The summed E-state index contributed by atoms with van der Waals surface area (Å²) in [7, 11) is 1.54. The smallest absolute Gasteiger partial charge is 0.244 e. The molecule has 2 aromatic rings. The van der Waals surface area contributed by atoms with Crippen LogP contribution >= 0.6 is 11.3 Å². The van der Waals surface area contributed by atoms with Crippen molar-refractivity contribution in [2.75, 3.05) is 20.3 Å². The fourth-order valence-corrected chi connectivity index (χ4v) is 2.97. The third-order valence-corrected chi connectivity index (χ3v) is 4.32. The van der Waals surface area contributed by atoms with E-state index in [1.54, 1.807) is 17.4 Å². The number of amides is 1. The number of methoxy groups -OCH3 is 1. The summed E-state index contributed by atoms with van der Waals surface area (Å²) in [5.41, 5.74) is 1.17. The molecule has 2 rings (SSSR count). The summed E-state index contributed by atoms with van der Waals surface area (Å²) in [5, 5.41) is 12.2. The molecule has 0 bridgehead atoms. The van der Waals surface area contributed by atoms with Crippen LogP contribution in [0.5, 0.6) is 0 Å². The molecule has 1 atom stereocenters. The lowest BCUT2D eigenvalue weighted by molar-refractivity contribution is -0.116. The Morgan fingerprint density at radius 3 is 2.83 bits per heavy atom. The minimum Gasteiger partial charge on any atom is -0.391 e. The van der Waals surface area contributed by atoms with Gasteiger partial charge in [-0.3, -0.25) is 4.79 Å². The molecule has 5 heteroatoms. The Hall–Kier alpha value is -1.95. The first-order valence-corrected chi connectivity index (χ1v) is 8.29. The maximum Gasteiger partial charge on any atom is 0.244 e. The first-order valence-electron chi connectivity index (χ1n) is 7.47. The minimum absolute atomic E-state index is 0.163. The topological polar surface area (TPSA) is 58.6 Å². The van der Waals surface area contributed by atoms with Gasteiger partial charge in [-0.1, -0.05) is 30.3 Å². The second-order valence-corrected chi connectivity index (χ2v) is 6.21. The van der Waals surface area contributed by atoms with E-state index in [1.807, 2.05) is 24.3 Å². The first-order chi connectivity index (χ1) is 11.2. The van der Waals surface area contributed by atoms with Crippen molar-refractivity contribution in [1.82, 2.24) is 5.32 Å². The number of hydrogen-bond acceptors (Lipinski definition) is 4. The summed E-state index contributed by atoms with van der Waals surface area (Å²) in [4.78, 5) is 13.9. The van der Waals surface area contributed by atoms with Gasteiger partial charge in [-0.15, -0.1) is 11.3 Å². The molecule has 1 aromatic carbocycles. The Morgan fingerprint density at radius 2 is 2.09 bits per heavy atom. The first kappa shape index (κ1) is 17.4. The van der Waals surface area contributed by atoms with Crippen molar-refractivity contribution in [2.24, 2.45) is 0 Å². The molecule has 4 nitrogen and oxygen atoms in total. The molecule has 0 aliphatic heterocycles. The van der Waals surface area contributed by atoms with Crippen molar-refractivity contribution in [3.8, 4) is 10.4 Å². The van der Waals surface area contributed by atoms with Crippen LogP contribution in [0.4, 0.5) is 0 Å². The van der Waals surface area contributed by atoms with Gasteiger partial charge in [0.2, 0.25) is 5.91 Å². The van der Waals surface area contributed by atoms with Crippen molar-refractivity contribution in [1.29, 1.82) is 0 Å². The standard InChI is InChI=1S/C18H21NO3S/c1-22-13-15(20)11-12-19-18(21)10-8-16-7-9-17(23-16)14-5-3-2-4-6-14/h2-10,15,20H,11-13H2,1H3,(H,19,21)/b10-8+. The predicted octanol–water partition coefficient (Wildman–Crippen LogP) is 2.94. The number of rotatable bonds is 8. The van der Waals surface area contributed by atoms with Gasteiger partial charge in [-0.25, -0.2) is 0 Å². The van der Waals surface area contributed by atoms with Crippen LogP contribution in [0.3, 0.4) is 0 Å². The maximum absolute atomic E-state index is 11.7. The molecule has 23 heavy (non-hydrogen) atoms. The van der Waals surface area contributed by atoms with Crippen LogP contribution in [0.25, 0.3) is 16.5 Å². The number of hydrogen-bond donors (Lipinski definition) is 2. The van der Waals surface area contributed by atoms with E-state index in [2.05, 4.69) is 23.5 Å². The Kier molecular flexibility index (Phi) is 7.00. The molecule has 0 aliphatic carbocycles. The second kappa shape index (κ2) is 9.25. The van der Waals surface area contributed by atoms with Gasteiger partial charge in [0.1, 0.15) is 0 Å². The Labute approximate surface area is 140 Å². The van der Waals surface area contributed by atoms with Crippen molar-refractivity contribution < 1.29 is 14.6 Å². The number of benzene rings is 1. The van der Waals surface area contributed by atoms with E-state index in [4.69, 9.17) is 4.74 Å². The lowest BCUT2D eigenvalue weighted by Crippen LogP contribution is -2.27. The highest BCUT2D eigenvalue weighted by atomic mass is 32.1. The minimum atomic E-state index is -0.546. The van der Waals surface area contributed by atoms with E-state index < -0.39 is 6.10 Å². The highest BCUT2D eigenvalue weighted by Gasteiger charge is 2.04. The van der Waals surface area contributed by atoms with Gasteiger partial charge in [0.25, 0.3) is 0 Å². The molecular weight excluding hydrogens is 310 g/mol. The van der Waals surface area contributed by atoms with Crippen molar-refractivity contribution in [3.63, 3.8) is 0 Å². The molecule has 1 amide bonds. The van der Waals surface area contributed by atoms with E-state index in [1.165, 1.54) is 23.6 Å². The van der Waals surface area contributed by atoms with Gasteiger partial charge in [0.15, 0.2) is 0 Å². The summed E-state index contributed by atoms with van der Waals surface area (Å²) in [6.45, 7) is 0.705. The van der Waals surface area contributed by atoms with Crippen LogP contribution in [0.15, 0.2) is 48.5 Å². The summed E-state index contributed by atoms with van der Waals surface area (Å²) in [5.74, 6) is -0.163. The number of aliphatic hydroxyl groups excluding tert-OH is 1. The molecule has 0 spiro atoms. The monoisotopic (exact) mass is 331 g/mol. The number of carbonyl (C=O) groups excluding carboxylic acids is 1. The van der Waals surface area contributed by atoms with E-state index in [0.29, 0.717) is 13.0 Å². The van der Waals surface area contributed by atoms with Crippen LogP contribution in [-0.2, 0) is 9.53 Å². The average Bonchev–Trinajstić information content (AvgIpc) is 3.03. The molecule has 1 heterocycles. The zero-order valence-corrected chi connectivity index (χ0v) is 13.9. The summed E-state index contributed by atoms with van der Waals surface area (Å²) in [6.07, 6.45) is 3.25. The molecule has 0 saturated heterocycles. The third-order valence-electron chi connectivity index (χ3n) is 3.22. The molecular formula is C18H21NO3S. The molecule has 0 aliphatic rings. The lowest BCUT2D eigenvalue weighted by Gasteiger charge is -2.08. The summed E-state index contributed by atoms with van der Waals surface area (Å²) >= 11 is 1.64. The van der Waals surface area contributed by atoms with Crippen LogP contribution in [0.2, 0.25) is 0 Å². The van der Waals surface area contributed by atoms with E-state index in [-0.39, 0.29) is 12.5 Å². The van der Waals surface area contributed by atoms with E-state index >= 15 is 0 Å². The van der Waals surface area contributed by atoms with Crippen molar-refractivity contribution in [2.45, 2.75) is 12.5 Å². The van der Waals surface area contributed by atoms with Gasteiger partial charge in [0, 0.05) is 29.5 Å². The molecule has 1 unspecified atom stereocenters. The lowest BCUT2D eigenvalue weighted by atomic mass is 10.2. The normalized spacial score (nSPS) is 12.4. The zero-order valence-electron chi connectivity index (χ0n) is 13.1. The van der Waals surface area contributed by atoms with E-state index in [9.17, 15) is 9.90 Å². The van der Waals surface area contributed by atoms with Gasteiger partial charge < -0.3 is 15.2 Å². The number of ether oxygens (including phenoxy) is 1. The Bertz CT molecular complexity index is 637. The summed E-state index contributed by atoms with van der Waals surface area (Å²) < 4.78 is 4.83. The predicted molar refractivity (Wildman–Crippen MR) is 94.3 cm³/mol. The quantitative estimate of drug-likeness (QED) is 0.731. The fourth-order valence-electron chi connectivity index (χ4n) is 2.05. The fraction of sp³-hybridized carbons (Fsp3) is 0.278. The SMILES string of the molecule is COCC(O)CCNC(=O)/C=C/c1ccc(-c2ccccc2)s1. The summed E-state index contributed by atoms with van der Waals surface area (Å²) in [6, 6.07) is 14.2. The molecule has 2 N–H and O–H groups in total. The molecule has 122 valence electrons.